The predicted octanol–water partition coefficient (Wildman–Crippen LogP) is 3.90. The lowest BCUT2D eigenvalue weighted by molar-refractivity contribution is -0.121. The van der Waals surface area contributed by atoms with E-state index in [0.29, 0.717) is 12.4 Å². The Balaban J connectivity index is 1.73. The summed E-state index contributed by atoms with van der Waals surface area (Å²) < 4.78 is 6.09. The normalized spacial score (nSPS) is 22.3. The highest BCUT2D eigenvalue weighted by Gasteiger charge is 2.34. The van der Waals surface area contributed by atoms with Crippen molar-refractivity contribution in [3.63, 3.8) is 0 Å². The van der Waals surface area contributed by atoms with Gasteiger partial charge in [-0.3, -0.25) is 15.6 Å². The molecule has 140 valence electrons. The summed E-state index contributed by atoms with van der Waals surface area (Å²) >= 11 is 3.28. The van der Waals surface area contributed by atoms with Crippen LogP contribution in [-0.4, -0.2) is 27.2 Å². The summed E-state index contributed by atoms with van der Waals surface area (Å²) in [5.41, 5.74) is 7.03. The quantitative estimate of drug-likeness (QED) is 0.441. The van der Waals surface area contributed by atoms with Crippen LogP contribution in [0.25, 0.3) is 10.2 Å². The van der Waals surface area contributed by atoms with E-state index in [0.717, 1.165) is 46.8 Å². The maximum atomic E-state index is 12.1. The Hall–Kier alpha value is -1.38. The molecule has 4 rings (SSSR count). The van der Waals surface area contributed by atoms with Gasteiger partial charge in [-0.05, 0) is 37.5 Å². The van der Waals surface area contributed by atoms with Crippen LogP contribution in [0.1, 0.15) is 50.5 Å². The van der Waals surface area contributed by atoms with E-state index in [4.69, 9.17) is 9.72 Å². The van der Waals surface area contributed by atoms with Crippen molar-refractivity contribution < 1.29 is 9.53 Å². The van der Waals surface area contributed by atoms with Crippen molar-refractivity contribution in [1.82, 2.24) is 15.4 Å². The molecule has 2 aliphatic rings. The number of thiophene rings is 1. The predicted molar refractivity (Wildman–Crippen MR) is 105 cm³/mol. The number of carbonyl (C=O) groups excluding carboxylic acids is 1. The number of nitrogens with zero attached hydrogens (tertiary/aromatic N) is 2. The number of anilines is 1. The second kappa shape index (κ2) is 6.98. The van der Waals surface area contributed by atoms with Gasteiger partial charge in [-0.1, -0.05) is 25.6 Å². The standard InChI is InChI=1S/C18H24N4O2S2/c1-4-18(3)8-11-12(9-24-18)26-16-13(11)14(19-17(20-16)25-5-2)21-22-15(23)10-6-7-10/h10H,4-9H2,1-3H3,(H,22,23)(H,19,20,21)/t18-/m0/s1. The zero-order chi connectivity index (χ0) is 18.3. The molecular weight excluding hydrogens is 368 g/mol. The number of hydrogen-bond acceptors (Lipinski definition) is 7. The molecule has 3 heterocycles. The van der Waals surface area contributed by atoms with Crippen LogP contribution in [0.4, 0.5) is 5.82 Å². The van der Waals surface area contributed by atoms with Gasteiger partial charge >= 0.3 is 0 Å². The van der Waals surface area contributed by atoms with E-state index >= 15 is 0 Å². The molecule has 1 aliphatic heterocycles. The highest BCUT2D eigenvalue weighted by molar-refractivity contribution is 7.99. The van der Waals surface area contributed by atoms with Crippen molar-refractivity contribution in [1.29, 1.82) is 0 Å². The van der Waals surface area contributed by atoms with Crippen molar-refractivity contribution in [2.24, 2.45) is 5.92 Å². The maximum Gasteiger partial charge on any atom is 0.241 e. The Morgan fingerprint density at radius 3 is 2.88 bits per heavy atom. The number of hydrogen-bond donors (Lipinski definition) is 2. The van der Waals surface area contributed by atoms with Crippen LogP contribution in [0.5, 0.6) is 0 Å². The topological polar surface area (TPSA) is 76.1 Å². The van der Waals surface area contributed by atoms with Gasteiger partial charge in [0, 0.05) is 17.2 Å². The summed E-state index contributed by atoms with van der Waals surface area (Å²) in [5, 5.41) is 1.77. The van der Waals surface area contributed by atoms with Crippen LogP contribution < -0.4 is 10.9 Å². The summed E-state index contributed by atoms with van der Waals surface area (Å²) in [6.45, 7) is 7.01. The fourth-order valence-electron chi connectivity index (χ4n) is 3.13. The molecule has 1 fully saturated rings. The molecule has 0 spiro atoms. The summed E-state index contributed by atoms with van der Waals surface area (Å²) in [6.07, 6.45) is 3.75. The third-order valence-corrected chi connectivity index (χ3v) is 6.92. The lowest BCUT2D eigenvalue weighted by atomic mass is 9.90. The summed E-state index contributed by atoms with van der Waals surface area (Å²) in [7, 11) is 0. The Kier molecular flexibility index (Phi) is 4.83. The van der Waals surface area contributed by atoms with E-state index in [2.05, 4.69) is 36.6 Å². The van der Waals surface area contributed by atoms with Crippen molar-refractivity contribution in [3.05, 3.63) is 10.4 Å². The van der Waals surface area contributed by atoms with Gasteiger partial charge in [-0.25, -0.2) is 9.97 Å². The molecule has 8 heteroatoms. The second-order valence-corrected chi connectivity index (χ2v) is 9.44. The van der Waals surface area contributed by atoms with Crippen LogP contribution in [-0.2, 0) is 22.6 Å². The van der Waals surface area contributed by atoms with Crippen LogP contribution in [0.3, 0.4) is 0 Å². The zero-order valence-electron chi connectivity index (χ0n) is 15.3. The zero-order valence-corrected chi connectivity index (χ0v) is 17.0. The van der Waals surface area contributed by atoms with E-state index in [1.807, 2.05) is 0 Å². The van der Waals surface area contributed by atoms with Gasteiger partial charge in [0.05, 0.1) is 17.6 Å². The van der Waals surface area contributed by atoms with E-state index in [1.165, 1.54) is 10.4 Å². The number of fused-ring (bicyclic) bond motifs is 3. The number of carbonyl (C=O) groups is 1. The lowest BCUT2D eigenvalue weighted by Crippen LogP contribution is -2.34. The van der Waals surface area contributed by atoms with Crippen LogP contribution in [0.15, 0.2) is 5.16 Å². The highest BCUT2D eigenvalue weighted by Crippen LogP contribution is 2.42. The number of aromatic nitrogens is 2. The molecule has 2 aromatic heterocycles. The minimum absolute atomic E-state index is 0.0484. The van der Waals surface area contributed by atoms with Crippen LogP contribution in [0, 0.1) is 5.92 Å². The van der Waals surface area contributed by atoms with Crippen LogP contribution >= 0.6 is 23.1 Å². The molecule has 1 atom stereocenters. The average Bonchev–Trinajstić information content (AvgIpc) is 3.42. The Morgan fingerprint density at radius 2 is 2.19 bits per heavy atom. The van der Waals surface area contributed by atoms with Gasteiger partial charge in [0.25, 0.3) is 0 Å². The molecule has 1 saturated carbocycles. The lowest BCUT2D eigenvalue weighted by Gasteiger charge is -2.33. The minimum atomic E-state index is -0.160. The largest absolute Gasteiger partial charge is 0.369 e. The van der Waals surface area contributed by atoms with Gasteiger partial charge in [-0.2, -0.15) is 0 Å². The molecular formula is C18H24N4O2S2. The number of hydrazine groups is 1. The Labute approximate surface area is 161 Å². The van der Waals surface area contributed by atoms with Crippen molar-refractivity contribution in [2.45, 2.75) is 63.8 Å². The third-order valence-electron chi connectivity index (χ3n) is 5.09. The molecule has 0 radical (unpaired) electrons. The smallest absolute Gasteiger partial charge is 0.241 e. The van der Waals surface area contributed by atoms with E-state index in [-0.39, 0.29) is 17.4 Å². The summed E-state index contributed by atoms with van der Waals surface area (Å²) in [4.78, 5) is 23.7. The fourth-order valence-corrected chi connectivity index (χ4v) is 4.86. The first-order valence-corrected chi connectivity index (χ1v) is 11.0. The average molecular weight is 393 g/mol. The van der Waals surface area contributed by atoms with Crippen LogP contribution in [0.2, 0.25) is 0 Å². The molecule has 0 bridgehead atoms. The van der Waals surface area contributed by atoms with Gasteiger partial charge in [0.15, 0.2) is 11.0 Å². The second-order valence-electron chi connectivity index (χ2n) is 7.13. The monoisotopic (exact) mass is 392 g/mol. The highest BCUT2D eigenvalue weighted by atomic mass is 32.2. The number of rotatable bonds is 6. The van der Waals surface area contributed by atoms with E-state index < -0.39 is 0 Å². The van der Waals surface area contributed by atoms with Gasteiger partial charge in [-0.15, -0.1) is 11.3 Å². The van der Waals surface area contributed by atoms with E-state index in [1.54, 1.807) is 23.1 Å². The molecule has 6 nitrogen and oxygen atoms in total. The third kappa shape index (κ3) is 3.42. The number of nitrogens with one attached hydrogen (secondary N) is 2. The van der Waals surface area contributed by atoms with Crippen molar-refractivity contribution in [2.75, 3.05) is 11.2 Å². The van der Waals surface area contributed by atoms with Crippen molar-refractivity contribution in [3.8, 4) is 0 Å². The van der Waals surface area contributed by atoms with Gasteiger partial charge < -0.3 is 4.74 Å². The van der Waals surface area contributed by atoms with Gasteiger partial charge in [0.2, 0.25) is 5.91 Å². The number of ether oxygens (including phenoxy) is 1. The van der Waals surface area contributed by atoms with Gasteiger partial charge in [0.1, 0.15) is 4.83 Å². The molecule has 1 aliphatic carbocycles. The Bertz CT molecular complexity index is 849. The van der Waals surface area contributed by atoms with Crippen molar-refractivity contribution >= 4 is 45.0 Å². The summed E-state index contributed by atoms with van der Waals surface area (Å²) in [6, 6.07) is 0. The molecule has 0 aromatic carbocycles. The molecule has 1 amide bonds. The van der Waals surface area contributed by atoms with E-state index in [9.17, 15) is 4.79 Å². The first-order valence-electron chi connectivity index (χ1n) is 9.18. The first-order chi connectivity index (χ1) is 12.5. The molecule has 2 aromatic rings. The number of amides is 1. The molecule has 0 saturated heterocycles. The molecule has 2 N–H and O–H groups in total. The maximum absolute atomic E-state index is 12.1. The number of thioether (sulfide) groups is 1. The molecule has 0 unspecified atom stereocenters. The first kappa shape index (κ1) is 18.0. The minimum Gasteiger partial charge on any atom is -0.369 e. The Morgan fingerprint density at radius 1 is 1.38 bits per heavy atom. The summed E-state index contributed by atoms with van der Waals surface area (Å²) in [5.74, 6) is 1.81. The fraction of sp³-hybridized carbons (Fsp3) is 0.611. The molecule has 26 heavy (non-hydrogen) atoms. The SMILES string of the molecule is CCSc1nc(NNC(=O)C2CC2)c2c3c(sc2n1)CO[C@@](C)(CC)C3.